The minimum absolute atomic E-state index is 0.0506. The quantitative estimate of drug-likeness (QED) is 0.824. The Kier molecular flexibility index (Phi) is 2.90. The van der Waals surface area contributed by atoms with Crippen LogP contribution in [-0.4, -0.2) is 16.1 Å². The second-order valence-corrected chi connectivity index (χ2v) is 4.58. The van der Waals surface area contributed by atoms with Gasteiger partial charge in [-0.1, -0.05) is 18.2 Å². The predicted molar refractivity (Wildman–Crippen MR) is 65.5 cm³/mol. The summed E-state index contributed by atoms with van der Waals surface area (Å²) < 4.78 is 0. The van der Waals surface area contributed by atoms with Crippen LogP contribution in [0.3, 0.4) is 0 Å². The number of carbonyl (C=O) groups is 1. The topological polar surface area (TPSA) is 54.5 Å². The van der Waals surface area contributed by atoms with Gasteiger partial charge in [-0.15, -0.1) is 11.3 Å². The fraction of sp³-hybridized carbons (Fsp3) is 0.0833. The number of hydrogen-bond acceptors (Lipinski definition) is 3. The van der Waals surface area contributed by atoms with Crippen LogP contribution in [-0.2, 0) is 0 Å². The standard InChI is InChI=1S/C12H8N2O2S/c1-7-14-10(12(15)16)11(17-7)8-4-3-5-9(6-8)13-2/h3-6H,1H3,(H,15,16). The van der Waals surface area contributed by atoms with E-state index in [1.807, 2.05) is 0 Å². The van der Waals surface area contributed by atoms with E-state index >= 15 is 0 Å². The molecule has 4 nitrogen and oxygen atoms in total. The van der Waals surface area contributed by atoms with Crippen molar-refractivity contribution < 1.29 is 9.90 Å². The van der Waals surface area contributed by atoms with E-state index in [-0.39, 0.29) is 5.69 Å². The Morgan fingerprint density at radius 1 is 1.53 bits per heavy atom. The van der Waals surface area contributed by atoms with Gasteiger partial charge in [0.15, 0.2) is 11.4 Å². The summed E-state index contributed by atoms with van der Waals surface area (Å²) in [6.07, 6.45) is 0. The average molecular weight is 244 g/mol. The molecule has 0 aliphatic heterocycles. The molecule has 0 radical (unpaired) electrons. The third kappa shape index (κ3) is 2.17. The first-order valence-corrected chi connectivity index (χ1v) is 5.62. The SMILES string of the molecule is [C-]#[N+]c1cccc(-c2sc(C)nc2C(=O)O)c1. The van der Waals surface area contributed by atoms with Crippen LogP contribution in [0.5, 0.6) is 0 Å². The molecule has 0 amide bonds. The number of aromatic carboxylic acids is 1. The van der Waals surface area contributed by atoms with Gasteiger partial charge in [0.1, 0.15) is 0 Å². The number of carboxylic acid groups (broad SMARTS) is 1. The lowest BCUT2D eigenvalue weighted by molar-refractivity contribution is 0.0692. The molecule has 0 saturated heterocycles. The maximum Gasteiger partial charge on any atom is 0.356 e. The molecule has 0 atom stereocenters. The van der Waals surface area contributed by atoms with Crippen molar-refractivity contribution in [3.8, 4) is 10.4 Å². The number of nitrogens with zero attached hydrogens (tertiary/aromatic N) is 2. The molecule has 0 unspecified atom stereocenters. The number of aryl methyl sites for hydroxylation is 1. The smallest absolute Gasteiger partial charge is 0.356 e. The van der Waals surface area contributed by atoms with E-state index in [1.54, 1.807) is 31.2 Å². The molecule has 2 rings (SSSR count). The van der Waals surface area contributed by atoms with Crippen LogP contribution in [0.1, 0.15) is 15.5 Å². The molecule has 1 aromatic heterocycles. The summed E-state index contributed by atoms with van der Waals surface area (Å²) in [5.41, 5.74) is 1.26. The minimum atomic E-state index is -1.04. The van der Waals surface area contributed by atoms with Gasteiger partial charge in [-0.05, 0) is 18.6 Å². The lowest BCUT2D eigenvalue weighted by atomic mass is 10.1. The fourth-order valence-electron chi connectivity index (χ4n) is 1.48. The summed E-state index contributed by atoms with van der Waals surface area (Å²) >= 11 is 1.32. The number of aromatic nitrogens is 1. The summed E-state index contributed by atoms with van der Waals surface area (Å²) in [6.45, 7) is 8.71. The second kappa shape index (κ2) is 4.36. The molecule has 2 aromatic rings. The Bertz CT molecular complexity index is 626. The van der Waals surface area contributed by atoms with Crippen LogP contribution in [0, 0.1) is 13.5 Å². The zero-order valence-electron chi connectivity index (χ0n) is 8.97. The van der Waals surface area contributed by atoms with Gasteiger partial charge in [0, 0.05) is 0 Å². The van der Waals surface area contributed by atoms with Crippen LogP contribution in [0.25, 0.3) is 15.3 Å². The van der Waals surface area contributed by atoms with E-state index in [2.05, 4.69) is 9.83 Å². The number of hydrogen-bond donors (Lipinski definition) is 1. The van der Waals surface area contributed by atoms with Crippen LogP contribution >= 0.6 is 11.3 Å². The first-order valence-electron chi connectivity index (χ1n) is 4.80. The second-order valence-electron chi connectivity index (χ2n) is 3.38. The molecule has 5 heteroatoms. The molecule has 1 aromatic carbocycles. The van der Waals surface area contributed by atoms with Gasteiger partial charge in [-0.3, -0.25) is 0 Å². The van der Waals surface area contributed by atoms with E-state index < -0.39 is 5.97 Å². The van der Waals surface area contributed by atoms with Crippen molar-refractivity contribution in [1.82, 2.24) is 4.98 Å². The lowest BCUT2D eigenvalue weighted by Crippen LogP contribution is -1.98. The molecule has 17 heavy (non-hydrogen) atoms. The Labute approximate surface area is 102 Å². The summed E-state index contributed by atoms with van der Waals surface area (Å²) in [5, 5.41) is 9.75. The molecule has 1 N–H and O–H groups in total. The van der Waals surface area contributed by atoms with Gasteiger partial charge < -0.3 is 5.11 Å². The van der Waals surface area contributed by atoms with Crippen LogP contribution in [0.15, 0.2) is 24.3 Å². The first kappa shape index (κ1) is 11.3. The highest BCUT2D eigenvalue weighted by molar-refractivity contribution is 7.15. The lowest BCUT2D eigenvalue weighted by Gasteiger charge is -1.99. The Morgan fingerprint density at radius 3 is 2.94 bits per heavy atom. The van der Waals surface area contributed by atoms with Crippen LogP contribution < -0.4 is 0 Å². The van der Waals surface area contributed by atoms with Gasteiger partial charge in [-0.2, -0.15) is 0 Å². The van der Waals surface area contributed by atoms with Gasteiger partial charge in [0.25, 0.3) is 0 Å². The Hall–Kier alpha value is -2.19. The zero-order chi connectivity index (χ0) is 12.4. The van der Waals surface area contributed by atoms with Gasteiger partial charge in [0.05, 0.1) is 16.5 Å². The predicted octanol–water partition coefficient (Wildman–Crippen LogP) is 3.37. The third-order valence-electron chi connectivity index (χ3n) is 2.17. The Balaban J connectivity index is 2.60. The maximum absolute atomic E-state index is 11.0. The van der Waals surface area contributed by atoms with Crippen molar-refractivity contribution in [3.05, 3.63) is 46.4 Å². The highest BCUT2D eigenvalue weighted by atomic mass is 32.1. The number of thiazole rings is 1. The van der Waals surface area contributed by atoms with Crippen molar-refractivity contribution in [2.45, 2.75) is 6.92 Å². The molecule has 0 aliphatic rings. The molecule has 0 aliphatic carbocycles. The van der Waals surface area contributed by atoms with Crippen molar-refractivity contribution >= 4 is 23.0 Å². The normalized spacial score (nSPS) is 9.88. The number of carboxylic acids is 1. The van der Waals surface area contributed by atoms with Gasteiger partial charge in [-0.25, -0.2) is 14.6 Å². The molecule has 0 spiro atoms. The summed E-state index contributed by atoms with van der Waals surface area (Å²) in [6, 6.07) is 6.88. The minimum Gasteiger partial charge on any atom is -0.476 e. The molecular formula is C12H8N2O2S. The van der Waals surface area contributed by atoms with Crippen molar-refractivity contribution in [1.29, 1.82) is 0 Å². The van der Waals surface area contributed by atoms with Crippen LogP contribution in [0.4, 0.5) is 5.69 Å². The molecule has 84 valence electrons. The van der Waals surface area contributed by atoms with E-state index in [1.165, 1.54) is 11.3 Å². The summed E-state index contributed by atoms with van der Waals surface area (Å²) in [4.78, 5) is 19.0. The third-order valence-corrected chi connectivity index (χ3v) is 3.19. The van der Waals surface area contributed by atoms with Crippen molar-refractivity contribution in [2.24, 2.45) is 0 Å². The monoisotopic (exact) mass is 244 g/mol. The molecule has 1 heterocycles. The van der Waals surface area contributed by atoms with Gasteiger partial charge >= 0.3 is 5.97 Å². The molecule has 0 fully saturated rings. The van der Waals surface area contributed by atoms with E-state index in [0.29, 0.717) is 15.6 Å². The molecular weight excluding hydrogens is 236 g/mol. The molecule has 0 saturated carbocycles. The highest BCUT2D eigenvalue weighted by Gasteiger charge is 2.17. The average Bonchev–Trinajstić information content (AvgIpc) is 2.72. The number of benzene rings is 1. The van der Waals surface area contributed by atoms with E-state index in [0.717, 1.165) is 5.56 Å². The van der Waals surface area contributed by atoms with Gasteiger partial charge in [0.2, 0.25) is 0 Å². The van der Waals surface area contributed by atoms with E-state index in [4.69, 9.17) is 11.7 Å². The molecule has 0 bridgehead atoms. The number of rotatable bonds is 2. The van der Waals surface area contributed by atoms with Crippen molar-refractivity contribution in [3.63, 3.8) is 0 Å². The van der Waals surface area contributed by atoms with E-state index in [9.17, 15) is 4.79 Å². The first-order chi connectivity index (χ1) is 8.11. The largest absolute Gasteiger partial charge is 0.476 e. The summed E-state index contributed by atoms with van der Waals surface area (Å²) in [5.74, 6) is -1.04. The summed E-state index contributed by atoms with van der Waals surface area (Å²) in [7, 11) is 0. The highest BCUT2D eigenvalue weighted by Crippen LogP contribution is 2.32. The zero-order valence-corrected chi connectivity index (χ0v) is 9.78. The Morgan fingerprint density at radius 2 is 2.29 bits per heavy atom. The van der Waals surface area contributed by atoms with Crippen LogP contribution in [0.2, 0.25) is 0 Å². The fourth-order valence-corrected chi connectivity index (χ4v) is 2.39. The maximum atomic E-state index is 11.0. The van der Waals surface area contributed by atoms with Crippen molar-refractivity contribution in [2.75, 3.05) is 0 Å².